The first-order valence-corrected chi connectivity index (χ1v) is 5.76. The summed E-state index contributed by atoms with van der Waals surface area (Å²) in [6, 6.07) is 8.00. The smallest absolute Gasteiger partial charge is 0.478 e. The van der Waals surface area contributed by atoms with Crippen molar-refractivity contribution in [3.8, 4) is 5.82 Å². The molecule has 0 atom stereocenters. The van der Waals surface area contributed by atoms with Crippen LogP contribution in [0.2, 0.25) is 0 Å². The van der Waals surface area contributed by atoms with Crippen LogP contribution in [0.3, 0.4) is 0 Å². The highest BCUT2D eigenvalue weighted by atomic mass is 16.6. The lowest BCUT2D eigenvalue weighted by Crippen LogP contribution is -2.05. The number of para-hydroxylation sites is 1. The van der Waals surface area contributed by atoms with Gasteiger partial charge in [-0.2, -0.15) is 0 Å². The third kappa shape index (κ3) is 2.16. The van der Waals surface area contributed by atoms with Crippen LogP contribution in [0.1, 0.15) is 10.4 Å². The number of carboxylic acid groups (broad SMARTS) is 1. The molecule has 0 spiro atoms. The van der Waals surface area contributed by atoms with Crippen LogP contribution in [0.5, 0.6) is 0 Å². The van der Waals surface area contributed by atoms with Crippen molar-refractivity contribution in [2.75, 3.05) is 0 Å². The van der Waals surface area contributed by atoms with Crippen molar-refractivity contribution in [2.45, 2.75) is 0 Å². The van der Waals surface area contributed by atoms with E-state index in [0.29, 0.717) is 10.9 Å². The Kier molecular flexibility index (Phi) is 2.79. The molecule has 0 saturated carbocycles. The summed E-state index contributed by atoms with van der Waals surface area (Å²) in [6.45, 7) is 0. The van der Waals surface area contributed by atoms with Crippen LogP contribution in [0, 0.1) is 10.1 Å². The zero-order valence-corrected chi connectivity index (χ0v) is 10.4. The number of fused-ring (bicyclic) bond motifs is 1. The van der Waals surface area contributed by atoms with Gasteiger partial charge in [0.1, 0.15) is 0 Å². The number of hydrogen-bond acceptors (Lipinski definition) is 6. The lowest BCUT2D eigenvalue weighted by atomic mass is 10.1. The van der Waals surface area contributed by atoms with Crippen molar-refractivity contribution in [1.29, 1.82) is 0 Å². The minimum absolute atomic E-state index is 0.0359. The fraction of sp³-hybridized carbons (Fsp3) is 0. The van der Waals surface area contributed by atoms with Crippen LogP contribution in [-0.4, -0.2) is 35.7 Å². The van der Waals surface area contributed by atoms with Crippen molar-refractivity contribution in [2.24, 2.45) is 0 Å². The van der Waals surface area contributed by atoms with E-state index < -0.39 is 16.8 Å². The third-order valence-corrected chi connectivity index (χ3v) is 2.81. The molecule has 9 nitrogen and oxygen atoms in total. The summed E-state index contributed by atoms with van der Waals surface area (Å²) in [7, 11) is 0. The van der Waals surface area contributed by atoms with Gasteiger partial charge in [0, 0.05) is 10.5 Å². The highest BCUT2D eigenvalue weighted by Crippen LogP contribution is 2.20. The van der Waals surface area contributed by atoms with E-state index in [1.54, 1.807) is 24.3 Å². The molecule has 104 valence electrons. The van der Waals surface area contributed by atoms with Gasteiger partial charge < -0.3 is 15.2 Å². The molecule has 21 heavy (non-hydrogen) atoms. The van der Waals surface area contributed by atoms with Crippen molar-refractivity contribution in [3.63, 3.8) is 0 Å². The molecule has 0 saturated heterocycles. The van der Waals surface area contributed by atoms with Gasteiger partial charge in [-0.3, -0.25) is 0 Å². The molecule has 3 aromatic rings. The van der Waals surface area contributed by atoms with Gasteiger partial charge >= 0.3 is 11.9 Å². The Morgan fingerprint density at radius 1 is 1.33 bits per heavy atom. The Hall–Kier alpha value is -3.36. The summed E-state index contributed by atoms with van der Waals surface area (Å²) < 4.78 is 1.07. The van der Waals surface area contributed by atoms with Crippen LogP contribution < -0.4 is 0 Å². The quantitative estimate of drug-likeness (QED) is 0.570. The van der Waals surface area contributed by atoms with Gasteiger partial charge in [0.15, 0.2) is 5.82 Å². The van der Waals surface area contributed by atoms with E-state index in [4.69, 9.17) is 0 Å². The maximum atomic E-state index is 11.3. The zero-order chi connectivity index (χ0) is 15.0. The molecule has 3 rings (SSSR count). The number of aromatic nitrogens is 4. The molecule has 1 aromatic carbocycles. The standard InChI is InChI=1S/C12H7N5O4/c18-11(19)8-5-10(14-9-4-2-1-3-7(8)9)16-6-13-12(15-16)17(20)21/h1-6H,(H,18,19). The fourth-order valence-corrected chi connectivity index (χ4v) is 1.90. The lowest BCUT2D eigenvalue weighted by Gasteiger charge is -2.04. The maximum absolute atomic E-state index is 11.3. The van der Waals surface area contributed by atoms with E-state index in [2.05, 4.69) is 15.1 Å². The molecule has 0 unspecified atom stereocenters. The number of aromatic carboxylic acids is 1. The fourth-order valence-electron chi connectivity index (χ4n) is 1.90. The molecular weight excluding hydrogens is 278 g/mol. The van der Waals surface area contributed by atoms with E-state index in [-0.39, 0.29) is 11.4 Å². The molecule has 0 aliphatic carbocycles. The lowest BCUT2D eigenvalue weighted by molar-refractivity contribution is -0.394. The molecule has 0 bridgehead atoms. The minimum atomic E-state index is -1.12. The summed E-state index contributed by atoms with van der Waals surface area (Å²) in [5, 5.41) is 24.0. The first-order chi connectivity index (χ1) is 10.1. The van der Waals surface area contributed by atoms with Crippen LogP contribution in [-0.2, 0) is 0 Å². The van der Waals surface area contributed by atoms with E-state index >= 15 is 0 Å². The number of carbonyl (C=O) groups is 1. The van der Waals surface area contributed by atoms with Crippen molar-refractivity contribution in [1.82, 2.24) is 19.7 Å². The number of nitrogens with zero attached hydrogens (tertiary/aromatic N) is 5. The van der Waals surface area contributed by atoms with E-state index in [1.807, 2.05) is 0 Å². The van der Waals surface area contributed by atoms with Crippen molar-refractivity contribution < 1.29 is 14.8 Å². The molecule has 0 amide bonds. The molecule has 0 aliphatic heterocycles. The minimum Gasteiger partial charge on any atom is -0.478 e. The first kappa shape index (κ1) is 12.7. The SMILES string of the molecule is O=C(O)c1cc(-n2cnc([N+](=O)[O-])n2)nc2ccccc12. The van der Waals surface area contributed by atoms with Gasteiger partial charge in [0.25, 0.3) is 0 Å². The average molecular weight is 285 g/mol. The molecule has 1 N–H and O–H groups in total. The predicted octanol–water partition coefficient (Wildman–Crippen LogP) is 1.42. The van der Waals surface area contributed by atoms with Crippen LogP contribution in [0.25, 0.3) is 16.7 Å². The van der Waals surface area contributed by atoms with Gasteiger partial charge in [-0.25, -0.2) is 9.78 Å². The molecule has 0 fully saturated rings. The van der Waals surface area contributed by atoms with E-state index in [0.717, 1.165) is 11.0 Å². The summed E-state index contributed by atoms with van der Waals surface area (Å²) in [5.41, 5.74) is 0.485. The number of pyridine rings is 1. The van der Waals surface area contributed by atoms with Gasteiger partial charge in [-0.1, -0.05) is 23.2 Å². The van der Waals surface area contributed by atoms with E-state index in [9.17, 15) is 20.0 Å². The van der Waals surface area contributed by atoms with Gasteiger partial charge in [0.05, 0.1) is 11.1 Å². The topological polar surface area (TPSA) is 124 Å². The molecule has 0 aliphatic rings. The van der Waals surface area contributed by atoms with Gasteiger partial charge in [0.2, 0.25) is 6.33 Å². The Labute approximate surface area is 116 Å². The summed E-state index contributed by atoms with van der Waals surface area (Å²) in [4.78, 5) is 28.9. The average Bonchev–Trinajstić information content (AvgIpc) is 2.96. The normalized spacial score (nSPS) is 10.7. The maximum Gasteiger partial charge on any atom is 0.491 e. The third-order valence-electron chi connectivity index (χ3n) is 2.81. The van der Waals surface area contributed by atoms with Crippen molar-refractivity contribution >= 4 is 22.8 Å². The summed E-state index contributed by atoms with van der Waals surface area (Å²) >= 11 is 0. The molecular formula is C12H7N5O4. The second-order valence-corrected chi connectivity index (χ2v) is 4.10. The molecule has 2 aromatic heterocycles. The highest BCUT2D eigenvalue weighted by molar-refractivity contribution is 6.02. The first-order valence-electron chi connectivity index (χ1n) is 5.76. The van der Waals surface area contributed by atoms with Crippen LogP contribution >= 0.6 is 0 Å². The second-order valence-electron chi connectivity index (χ2n) is 4.10. The van der Waals surface area contributed by atoms with Gasteiger partial charge in [-0.05, 0) is 17.1 Å². The second kappa shape index (κ2) is 4.63. The summed E-state index contributed by atoms with van der Waals surface area (Å²) in [5.74, 6) is -1.56. The number of hydrogen-bond donors (Lipinski definition) is 1. The summed E-state index contributed by atoms with van der Waals surface area (Å²) in [6.07, 6.45) is 1.11. The Morgan fingerprint density at radius 3 is 2.76 bits per heavy atom. The van der Waals surface area contributed by atoms with E-state index in [1.165, 1.54) is 6.07 Å². The number of rotatable bonds is 3. The zero-order valence-electron chi connectivity index (χ0n) is 10.4. The highest BCUT2D eigenvalue weighted by Gasteiger charge is 2.18. The van der Waals surface area contributed by atoms with Gasteiger partial charge in [-0.15, -0.1) is 4.68 Å². The number of benzene rings is 1. The largest absolute Gasteiger partial charge is 0.491 e. The van der Waals surface area contributed by atoms with Crippen molar-refractivity contribution in [3.05, 3.63) is 52.3 Å². The van der Waals surface area contributed by atoms with Crippen LogP contribution in [0.15, 0.2) is 36.7 Å². The Morgan fingerprint density at radius 2 is 2.10 bits per heavy atom. The monoisotopic (exact) mass is 285 g/mol. The van der Waals surface area contributed by atoms with Crippen LogP contribution in [0.4, 0.5) is 5.95 Å². The number of carboxylic acids is 1. The predicted molar refractivity (Wildman–Crippen MR) is 70.3 cm³/mol. The molecule has 9 heteroatoms. The Bertz CT molecular complexity index is 873. The Balaban J connectivity index is 2.23. The number of nitro groups is 1. The molecule has 2 heterocycles. The molecule has 0 radical (unpaired) electrons.